The van der Waals surface area contributed by atoms with E-state index in [0.717, 1.165) is 0 Å². The summed E-state index contributed by atoms with van der Waals surface area (Å²) in [7, 11) is 0. The Balaban J connectivity index is 3.38. The van der Waals surface area contributed by atoms with Crippen LogP contribution in [-0.2, 0) is 0 Å². The number of nitrogens with one attached hydrogen (secondary N) is 2. The van der Waals surface area contributed by atoms with Gasteiger partial charge >= 0.3 is 0 Å². The van der Waals surface area contributed by atoms with Gasteiger partial charge in [-0.25, -0.2) is 0 Å². The van der Waals surface area contributed by atoms with Gasteiger partial charge in [-0.2, -0.15) is 0 Å². The van der Waals surface area contributed by atoms with Crippen molar-refractivity contribution >= 4 is 23.9 Å². The van der Waals surface area contributed by atoms with Gasteiger partial charge in [-0.05, 0) is 26.4 Å². The predicted molar refractivity (Wildman–Crippen MR) is 52.2 cm³/mol. The Hall–Kier alpha value is 0.620. The van der Waals surface area contributed by atoms with Crippen molar-refractivity contribution in [1.82, 2.24) is 9.44 Å². The fourth-order valence-electron chi connectivity index (χ4n) is 0.576. The van der Waals surface area contributed by atoms with E-state index in [9.17, 15) is 0 Å². The largest absolute Gasteiger partial charge is 0.260 e. The zero-order chi connectivity index (χ0) is 7.98. The molecule has 0 aliphatic heterocycles. The molecule has 0 unspecified atom stereocenters. The van der Waals surface area contributed by atoms with Gasteiger partial charge in [0.25, 0.3) is 0 Å². The van der Waals surface area contributed by atoms with Crippen molar-refractivity contribution in [3.8, 4) is 0 Å². The van der Waals surface area contributed by atoms with Crippen LogP contribution in [0.15, 0.2) is 0 Å². The molecule has 0 fully saturated rings. The lowest BCUT2D eigenvalue weighted by atomic mass is 10.2. The molecule has 0 aromatic heterocycles. The third-order valence-electron chi connectivity index (χ3n) is 1.36. The minimum atomic E-state index is 0.516. The first kappa shape index (κ1) is 10.6. The SMILES string of the molecule is CSN[C@H](C)[C@@H](C)NSC. The van der Waals surface area contributed by atoms with Crippen molar-refractivity contribution < 1.29 is 0 Å². The van der Waals surface area contributed by atoms with Crippen molar-refractivity contribution in [2.75, 3.05) is 12.5 Å². The molecule has 2 atom stereocenters. The fraction of sp³-hybridized carbons (Fsp3) is 1.00. The summed E-state index contributed by atoms with van der Waals surface area (Å²) in [5, 5.41) is 0. The van der Waals surface area contributed by atoms with Gasteiger partial charge in [0.05, 0.1) is 0 Å². The molecule has 62 valence electrons. The molecule has 0 saturated heterocycles. The molecule has 0 rings (SSSR count). The molecule has 0 aliphatic carbocycles. The highest BCUT2D eigenvalue weighted by Gasteiger charge is 2.08. The van der Waals surface area contributed by atoms with Crippen molar-refractivity contribution in [1.29, 1.82) is 0 Å². The summed E-state index contributed by atoms with van der Waals surface area (Å²) in [5.41, 5.74) is 0. The maximum atomic E-state index is 3.27. The van der Waals surface area contributed by atoms with E-state index in [2.05, 4.69) is 23.3 Å². The van der Waals surface area contributed by atoms with Gasteiger partial charge in [-0.1, -0.05) is 23.9 Å². The van der Waals surface area contributed by atoms with Crippen LogP contribution in [-0.4, -0.2) is 24.6 Å². The van der Waals surface area contributed by atoms with Crippen LogP contribution < -0.4 is 9.44 Å². The van der Waals surface area contributed by atoms with Crippen molar-refractivity contribution in [3.63, 3.8) is 0 Å². The molecule has 0 bridgehead atoms. The number of rotatable bonds is 5. The molecule has 4 heteroatoms. The summed E-state index contributed by atoms with van der Waals surface area (Å²) in [5.74, 6) is 0. The summed E-state index contributed by atoms with van der Waals surface area (Å²) < 4.78 is 6.54. The zero-order valence-corrected chi connectivity index (χ0v) is 8.60. The molecule has 2 N–H and O–H groups in total. The topological polar surface area (TPSA) is 24.1 Å². The molecular formula is C6H16N2S2. The van der Waals surface area contributed by atoms with Crippen LogP contribution in [0.25, 0.3) is 0 Å². The number of hydrogen-bond acceptors (Lipinski definition) is 4. The zero-order valence-electron chi connectivity index (χ0n) is 6.97. The molecule has 0 saturated carbocycles. The highest BCUT2D eigenvalue weighted by atomic mass is 32.2. The first-order valence-corrected chi connectivity index (χ1v) is 5.74. The number of hydrogen-bond donors (Lipinski definition) is 2. The average Bonchev–Trinajstić information content (AvgIpc) is 1.89. The lowest BCUT2D eigenvalue weighted by molar-refractivity contribution is 0.545. The van der Waals surface area contributed by atoms with Crippen molar-refractivity contribution in [3.05, 3.63) is 0 Å². The fourth-order valence-corrected chi connectivity index (χ4v) is 1.73. The van der Waals surface area contributed by atoms with E-state index in [-0.39, 0.29) is 0 Å². The normalized spacial score (nSPS) is 16.8. The summed E-state index contributed by atoms with van der Waals surface area (Å²) in [4.78, 5) is 0. The predicted octanol–water partition coefficient (Wildman–Crippen LogP) is 1.50. The van der Waals surface area contributed by atoms with Gasteiger partial charge in [-0.15, -0.1) is 0 Å². The molecule has 10 heavy (non-hydrogen) atoms. The molecular weight excluding hydrogens is 164 g/mol. The highest BCUT2D eigenvalue weighted by Crippen LogP contribution is 1.99. The summed E-state index contributed by atoms with van der Waals surface area (Å²) in [6, 6.07) is 1.03. The van der Waals surface area contributed by atoms with Gasteiger partial charge in [0.1, 0.15) is 0 Å². The summed E-state index contributed by atoms with van der Waals surface area (Å²) in [6.07, 6.45) is 4.09. The lowest BCUT2D eigenvalue weighted by Crippen LogP contribution is -2.38. The highest BCUT2D eigenvalue weighted by molar-refractivity contribution is 7.97. The standard InChI is InChI=1S/C6H16N2S2/c1-5(7-9-3)6(2)8-10-4/h5-8H,1-4H3/t5-,6-/m1/s1. The molecule has 0 aliphatic rings. The van der Waals surface area contributed by atoms with E-state index in [1.165, 1.54) is 0 Å². The Morgan fingerprint density at radius 1 is 0.900 bits per heavy atom. The van der Waals surface area contributed by atoms with Crippen LogP contribution in [0.4, 0.5) is 0 Å². The molecule has 0 aromatic rings. The Morgan fingerprint density at radius 3 is 1.40 bits per heavy atom. The van der Waals surface area contributed by atoms with Crippen LogP contribution in [0.3, 0.4) is 0 Å². The second-order valence-corrected chi connectivity index (χ2v) is 3.51. The smallest absolute Gasteiger partial charge is 0.0303 e. The first-order valence-electron chi connectivity index (χ1n) is 3.29. The summed E-state index contributed by atoms with van der Waals surface area (Å²) >= 11 is 3.33. The second-order valence-electron chi connectivity index (χ2n) is 2.22. The van der Waals surface area contributed by atoms with E-state index in [0.29, 0.717) is 12.1 Å². The Bertz CT molecular complexity index is 70.1. The molecule has 0 spiro atoms. The van der Waals surface area contributed by atoms with Crippen LogP contribution >= 0.6 is 23.9 Å². The Labute approximate surface area is 72.2 Å². The maximum absolute atomic E-state index is 3.27. The second kappa shape index (κ2) is 6.34. The van der Waals surface area contributed by atoms with Gasteiger partial charge in [0.2, 0.25) is 0 Å². The van der Waals surface area contributed by atoms with E-state index in [1.807, 2.05) is 12.5 Å². The quantitative estimate of drug-likeness (QED) is 0.626. The molecule has 0 heterocycles. The third kappa shape index (κ3) is 4.44. The van der Waals surface area contributed by atoms with Crippen LogP contribution in [0.5, 0.6) is 0 Å². The maximum Gasteiger partial charge on any atom is 0.0303 e. The van der Waals surface area contributed by atoms with Crippen molar-refractivity contribution in [2.45, 2.75) is 25.9 Å². The van der Waals surface area contributed by atoms with E-state index < -0.39 is 0 Å². The van der Waals surface area contributed by atoms with Crippen molar-refractivity contribution in [2.24, 2.45) is 0 Å². The molecule has 0 aromatic carbocycles. The average molecular weight is 180 g/mol. The van der Waals surface area contributed by atoms with E-state index >= 15 is 0 Å². The van der Waals surface area contributed by atoms with E-state index in [1.54, 1.807) is 23.9 Å². The molecule has 0 radical (unpaired) electrons. The van der Waals surface area contributed by atoms with Gasteiger partial charge in [-0.3, -0.25) is 9.44 Å². The Morgan fingerprint density at radius 2 is 1.20 bits per heavy atom. The van der Waals surface area contributed by atoms with Crippen LogP contribution in [0, 0.1) is 0 Å². The minimum absolute atomic E-state index is 0.516. The summed E-state index contributed by atoms with van der Waals surface area (Å²) in [6.45, 7) is 4.34. The first-order chi connectivity index (χ1) is 4.72. The Kier molecular flexibility index (Phi) is 6.73. The molecule has 2 nitrogen and oxygen atoms in total. The van der Waals surface area contributed by atoms with Gasteiger partial charge in [0, 0.05) is 12.1 Å². The third-order valence-corrected chi connectivity index (χ3v) is 2.57. The van der Waals surface area contributed by atoms with Crippen LogP contribution in [0.1, 0.15) is 13.8 Å². The minimum Gasteiger partial charge on any atom is -0.260 e. The van der Waals surface area contributed by atoms with E-state index in [4.69, 9.17) is 0 Å². The lowest BCUT2D eigenvalue weighted by Gasteiger charge is -2.19. The monoisotopic (exact) mass is 180 g/mol. The van der Waals surface area contributed by atoms with Gasteiger partial charge in [0.15, 0.2) is 0 Å². The van der Waals surface area contributed by atoms with Crippen LogP contribution in [0.2, 0.25) is 0 Å². The molecule has 0 amide bonds. The van der Waals surface area contributed by atoms with Gasteiger partial charge < -0.3 is 0 Å².